The first-order chi connectivity index (χ1) is 13.1. The van der Waals surface area contributed by atoms with Gasteiger partial charge in [0.2, 0.25) is 5.76 Å². The fourth-order valence-electron chi connectivity index (χ4n) is 3.57. The molecule has 0 aliphatic carbocycles. The molecule has 2 N–H and O–H groups in total. The zero-order valence-corrected chi connectivity index (χ0v) is 17.1. The van der Waals surface area contributed by atoms with Crippen LogP contribution in [-0.4, -0.2) is 37.2 Å². The molecule has 2 aliphatic rings. The van der Waals surface area contributed by atoms with E-state index in [0.717, 1.165) is 10.4 Å². The van der Waals surface area contributed by atoms with Gasteiger partial charge < -0.3 is 24.8 Å². The summed E-state index contributed by atoms with van der Waals surface area (Å²) >= 11 is 1.37. The molecule has 1 amide bonds. The number of nitriles is 1. The van der Waals surface area contributed by atoms with Gasteiger partial charge >= 0.3 is 5.97 Å². The summed E-state index contributed by atoms with van der Waals surface area (Å²) in [4.78, 5) is 25.2. The van der Waals surface area contributed by atoms with E-state index in [1.165, 1.54) is 17.6 Å². The maximum Gasteiger partial charge on any atom is 0.377 e. The molecule has 150 valence electrons. The number of hydrogen-bond donors (Lipinski definition) is 2. The van der Waals surface area contributed by atoms with Gasteiger partial charge in [-0.3, -0.25) is 4.79 Å². The van der Waals surface area contributed by atoms with Crippen molar-refractivity contribution in [2.75, 3.05) is 25.1 Å². The number of thiophene rings is 1. The monoisotopic (exact) mass is 405 g/mol. The van der Waals surface area contributed by atoms with E-state index in [1.54, 1.807) is 0 Å². The number of anilines is 1. The number of nitrogens with zero attached hydrogens (tertiary/aromatic N) is 1. The summed E-state index contributed by atoms with van der Waals surface area (Å²) in [6.07, 6.45) is 1.85. The van der Waals surface area contributed by atoms with Crippen molar-refractivity contribution in [3.05, 3.63) is 28.0 Å². The van der Waals surface area contributed by atoms with Crippen molar-refractivity contribution >= 4 is 28.2 Å². The molecule has 0 saturated carbocycles. The number of hydrogen-bond acceptors (Lipinski definition) is 8. The fourth-order valence-corrected chi connectivity index (χ4v) is 4.82. The maximum atomic E-state index is 12.3. The predicted molar refractivity (Wildman–Crippen MR) is 103 cm³/mol. The second-order valence-electron chi connectivity index (χ2n) is 7.86. The van der Waals surface area contributed by atoms with Crippen LogP contribution in [0.15, 0.2) is 12.0 Å². The minimum absolute atomic E-state index is 0.0709. The van der Waals surface area contributed by atoms with E-state index in [9.17, 15) is 14.9 Å². The van der Waals surface area contributed by atoms with Gasteiger partial charge in [0, 0.05) is 16.0 Å². The van der Waals surface area contributed by atoms with Crippen molar-refractivity contribution in [1.82, 2.24) is 5.32 Å². The minimum Gasteiger partial charge on any atom is -0.493 e. The van der Waals surface area contributed by atoms with Crippen molar-refractivity contribution < 1.29 is 23.8 Å². The van der Waals surface area contributed by atoms with Crippen LogP contribution in [0.2, 0.25) is 0 Å². The van der Waals surface area contributed by atoms with Gasteiger partial charge in [-0.25, -0.2) is 4.79 Å². The Bertz CT molecular complexity index is 879. The van der Waals surface area contributed by atoms with Crippen LogP contribution in [0.3, 0.4) is 0 Å². The predicted octanol–water partition coefficient (Wildman–Crippen LogP) is 2.15. The van der Waals surface area contributed by atoms with Gasteiger partial charge in [-0.1, -0.05) is 0 Å². The van der Waals surface area contributed by atoms with Gasteiger partial charge in [-0.05, 0) is 39.7 Å². The number of fused-ring (bicyclic) bond motifs is 1. The van der Waals surface area contributed by atoms with E-state index in [4.69, 9.17) is 14.2 Å². The Morgan fingerprint density at radius 2 is 2.11 bits per heavy atom. The first-order valence-electron chi connectivity index (χ1n) is 8.90. The lowest BCUT2D eigenvalue weighted by molar-refractivity contribution is -0.148. The Kier molecular flexibility index (Phi) is 5.37. The Balaban J connectivity index is 1.72. The third-order valence-corrected chi connectivity index (χ3v) is 5.86. The van der Waals surface area contributed by atoms with Crippen LogP contribution < -0.4 is 10.6 Å². The lowest BCUT2D eigenvalue weighted by Gasteiger charge is -2.42. The number of esters is 1. The standard InChI is InChI=1S/C19H23N3O5S/c1-18(2)7-11-12(8-20)16(28-15(11)19(3,4)22-18)21-14(23)10-27-17(24)13-9-25-5-6-26-13/h9,22H,5-7,10H2,1-4H3,(H,21,23). The zero-order valence-electron chi connectivity index (χ0n) is 16.3. The van der Waals surface area contributed by atoms with E-state index in [0.29, 0.717) is 23.6 Å². The number of rotatable bonds is 4. The summed E-state index contributed by atoms with van der Waals surface area (Å²) in [6.45, 7) is 8.40. The van der Waals surface area contributed by atoms with Gasteiger partial charge in [0.15, 0.2) is 6.61 Å². The van der Waals surface area contributed by atoms with Crippen molar-refractivity contribution in [1.29, 1.82) is 5.26 Å². The zero-order chi connectivity index (χ0) is 20.5. The topological polar surface area (TPSA) is 110 Å². The fraction of sp³-hybridized carbons (Fsp3) is 0.526. The molecule has 0 spiro atoms. The van der Waals surface area contributed by atoms with E-state index in [1.807, 2.05) is 0 Å². The van der Waals surface area contributed by atoms with Crippen LogP contribution >= 0.6 is 11.3 Å². The normalized spacial score (nSPS) is 19.2. The number of carbonyl (C=O) groups is 2. The molecule has 0 saturated heterocycles. The summed E-state index contributed by atoms with van der Waals surface area (Å²) in [6, 6.07) is 2.22. The van der Waals surface area contributed by atoms with Crippen molar-refractivity contribution in [2.45, 2.75) is 45.2 Å². The molecule has 0 radical (unpaired) electrons. The summed E-state index contributed by atoms with van der Waals surface area (Å²) < 4.78 is 15.0. The molecule has 0 aromatic carbocycles. The maximum absolute atomic E-state index is 12.3. The van der Waals surface area contributed by atoms with Gasteiger partial charge in [0.25, 0.3) is 5.91 Å². The van der Waals surface area contributed by atoms with Crippen LogP contribution in [0.4, 0.5) is 5.00 Å². The van der Waals surface area contributed by atoms with Crippen molar-refractivity contribution in [2.24, 2.45) is 0 Å². The quantitative estimate of drug-likeness (QED) is 0.739. The van der Waals surface area contributed by atoms with Crippen LogP contribution in [0.1, 0.15) is 43.7 Å². The van der Waals surface area contributed by atoms with Crippen molar-refractivity contribution in [3.63, 3.8) is 0 Å². The summed E-state index contributed by atoms with van der Waals surface area (Å²) in [5.41, 5.74) is 0.920. The Morgan fingerprint density at radius 3 is 2.75 bits per heavy atom. The molecule has 8 nitrogen and oxygen atoms in total. The number of nitrogens with one attached hydrogen (secondary N) is 2. The largest absolute Gasteiger partial charge is 0.493 e. The molecular formula is C19H23N3O5S. The molecule has 3 heterocycles. The lowest BCUT2D eigenvalue weighted by Crippen LogP contribution is -2.54. The van der Waals surface area contributed by atoms with Gasteiger partial charge in [0.1, 0.15) is 30.5 Å². The summed E-state index contributed by atoms with van der Waals surface area (Å²) in [7, 11) is 0. The molecule has 0 fully saturated rings. The SMILES string of the molecule is CC1(C)Cc2c(sc(NC(=O)COC(=O)C3=COCCO3)c2C#N)C(C)(C)N1. The molecule has 2 aliphatic heterocycles. The first-order valence-corrected chi connectivity index (χ1v) is 9.72. The van der Waals surface area contributed by atoms with E-state index < -0.39 is 18.5 Å². The molecule has 0 unspecified atom stereocenters. The minimum atomic E-state index is -0.770. The van der Waals surface area contributed by atoms with Crippen LogP contribution in [0, 0.1) is 11.3 Å². The number of ether oxygens (including phenoxy) is 3. The van der Waals surface area contributed by atoms with Gasteiger partial charge in [0.05, 0.1) is 5.56 Å². The molecule has 0 bridgehead atoms. The average Bonchev–Trinajstić information content (AvgIpc) is 2.96. The molecule has 3 rings (SSSR count). The highest BCUT2D eigenvalue weighted by atomic mass is 32.1. The Hall–Kier alpha value is -2.57. The first kappa shape index (κ1) is 20.2. The molecule has 1 aromatic heterocycles. The summed E-state index contributed by atoms with van der Waals surface area (Å²) in [5, 5.41) is 16.4. The van der Waals surface area contributed by atoms with Crippen LogP contribution in [0.25, 0.3) is 0 Å². The summed E-state index contributed by atoms with van der Waals surface area (Å²) in [5.74, 6) is -1.36. The molecule has 28 heavy (non-hydrogen) atoms. The third kappa shape index (κ3) is 4.13. The smallest absolute Gasteiger partial charge is 0.377 e. The highest BCUT2D eigenvalue weighted by molar-refractivity contribution is 7.17. The van der Waals surface area contributed by atoms with E-state index in [2.05, 4.69) is 44.4 Å². The number of carbonyl (C=O) groups excluding carboxylic acids is 2. The molecule has 1 aromatic rings. The van der Waals surface area contributed by atoms with E-state index >= 15 is 0 Å². The molecule has 9 heteroatoms. The van der Waals surface area contributed by atoms with E-state index in [-0.39, 0.29) is 23.4 Å². The van der Waals surface area contributed by atoms with Gasteiger partial charge in [-0.15, -0.1) is 11.3 Å². The molecule has 0 atom stereocenters. The van der Waals surface area contributed by atoms with Crippen LogP contribution in [0.5, 0.6) is 0 Å². The lowest BCUT2D eigenvalue weighted by atomic mass is 9.81. The Labute approximate surface area is 167 Å². The van der Waals surface area contributed by atoms with Gasteiger partial charge in [-0.2, -0.15) is 5.26 Å². The highest BCUT2D eigenvalue weighted by Crippen LogP contribution is 2.44. The molecular weight excluding hydrogens is 382 g/mol. The average molecular weight is 405 g/mol. The second-order valence-corrected chi connectivity index (χ2v) is 8.88. The highest BCUT2D eigenvalue weighted by Gasteiger charge is 2.40. The number of amides is 1. The van der Waals surface area contributed by atoms with Crippen molar-refractivity contribution in [3.8, 4) is 6.07 Å². The Morgan fingerprint density at radius 1 is 1.36 bits per heavy atom. The second kappa shape index (κ2) is 7.45. The third-order valence-electron chi connectivity index (χ3n) is 4.39. The van der Waals surface area contributed by atoms with Crippen LogP contribution in [-0.2, 0) is 35.8 Å².